The van der Waals surface area contributed by atoms with Gasteiger partial charge in [-0.15, -0.1) is 0 Å². The Balaban J connectivity index is 4.03. The van der Waals surface area contributed by atoms with Crippen LogP contribution in [0, 0.1) is 0 Å². The van der Waals surface area contributed by atoms with Gasteiger partial charge in [-0.2, -0.15) is 0 Å². The molecule has 0 aromatic heterocycles. The maximum Gasteiger partial charge on any atom is 0.234 e. The zero-order valence-corrected chi connectivity index (χ0v) is 8.33. The first kappa shape index (κ1) is 11.4. The van der Waals surface area contributed by atoms with Crippen molar-refractivity contribution in [3.8, 4) is 0 Å². The van der Waals surface area contributed by atoms with Gasteiger partial charge in [0.1, 0.15) is 0 Å². The highest BCUT2D eigenvalue weighted by Crippen LogP contribution is 2.21. The van der Waals surface area contributed by atoms with E-state index in [2.05, 4.69) is 5.32 Å². The predicted molar refractivity (Wildman–Crippen MR) is 49.5 cm³/mol. The number of nitrogens with two attached hydrogens (primary N) is 1. The Hall–Kier alpha value is -0.550. The van der Waals surface area contributed by atoms with E-state index in [0.717, 1.165) is 11.8 Å². The van der Waals surface area contributed by atoms with Crippen LogP contribution in [-0.4, -0.2) is 22.4 Å². The van der Waals surface area contributed by atoms with Crippen molar-refractivity contribution < 1.29 is 9.59 Å². The molecule has 0 aromatic rings. The lowest BCUT2D eigenvalue weighted by molar-refractivity contribution is -0.120. The monoisotopic (exact) mass is 190 g/mol. The van der Waals surface area contributed by atoms with Crippen LogP contribution in [0.4, 0.5) is 0 Å². The van der Waals surface area contributed by atoms with Gasteiger partial charge in [0.25, 0.3) is 0 Å². The van der Waals surface area contributed by atoms with Gasteiger partial charge in [0.2, 0.25) is 5.91 Å². The molecule has 0 aromatic carbocycles. The van der Waals surface area contributed by atoms with E-state index >= 15 is 0 Å². The van der Waals surface area contributed by atoms with Crippen molar-refractivity contribution in [2.24, 2.45) is 5.73 Å². The molecule has 0 atom stereocenters. The molecule has 5 heteroatoms. The number of rotatable bonds is 3. The Kier molecular flexibility index (Phi) is 4.26. The first-order valence-electron chi connectivity index (χ1n) is 3.58. The number of hydrogen-bond acceptors (Lipinski definition) is 4. The average molecular weight is 190 g/mol. The number of nitrogens with one attached hydrogen (secondary N) is 1. The molecule has 0 fully saturated rings. The van der Waals surface area contributed by atoms with Crippen molar-refractivity contribution in [2.75, 3.05) is 6.54 Å². The maximum absolute atomic E-state index is 10.8. The molecule has 12 heavy (non-hydrogen) atoms. The zero-order valence-electron chi connectivity index (χ0n) is 7.51. The van der Waals surface area contributed by atoms with E-state index in [9.17, 15) is 9.59 Å². The highest BCUT2D eigenvalue weighted by molar-refractivity contribution is 8.14. The average Bonchev–Trinajstić information content (AvgIpc) is 1.83. The molecule has 0 saturated carbocycles. The molecule has 0 radical (unpaired) electrons. The van der Waals surface area contributed by atoms with Crippen LogP contribution in [0.5, 0.6) is 0 Å². The summed E-state index contributed by atoms with van der Waals surface area (Å²) in [5.41, 5.74) is 5.10. The summed E-state index contributed by atoms with van der Waals surface area (Å²) >= 11 is 1.07. The second-order valence-electron chi connectivity index (χ2n) is 2.86. The molecule has 0 heterocycles. The third kappa shape index (κ3) is 5.15. The fraction of sp³-hybridized carbons (Fsp3) is 0.714. The highest BCUT2D eigenvalue weighted by Gasteiger charge is 2.22. The molecule has 0 bridgehead atoms. The van der Waals surface area contributed by atoms with Gasteiger partial charge in [-0.1, -0.05) is 11.8 Å². The van der Waals surface area contributed by atoms with E-state index in [1.54, 1.807) is 13.8 Å². The second kappa shape index (κ2) is 4.47. The van der Waals surface area contributed by atoms with Gasteiger partial charge in [0, 0.05) is 6.92 Å². The number of amides is 1. The van der Waals surface area contributed by atoms with Crippen molar-refractivity contribution in [1.29, 1.82) is 0 Å². The molecule has 0 aliphatic rings. The topological polar surface area (TPSA) is 72.2 Å². The van der Waals surface area contributed by atoms with Gasteiger partial charge in [-0.3, -0.25) is 9.59 Å². The van der Waals surface area contributed by atoms with Crippen LogP contribution in [0.2, 0.25) is 0 Å². The Bertz CT molecular complexity index is 192. The molecule has 0 saturated heterocycles. The van der Waals surface area contributed by atoms with Crippen molar-refractivity contribution in [2.45, 2.75) is 25.6 Å². The minimum Gasteiger partial charge on any atom is -0.341 e. The fourth-order valence-electron chi connectivity index (χ4n) is 0.772. The third-order valence-corrected chi connectivity index (χ3v) is 1.92. The Morgan fingerprint density at radius 1 is 1.50 bits per heavy atom. The van der Waals surface area contributed by atoms with Crippen molar-refractivity contribution in [3.05, 3.63) is 0 Å². The highest BCUT2D eigenvalue weighted by atomic mass is 32.2. The van der Waals surface area contributed by atoms with Crippen LogP contribution >= 0.6 is 11.8 Å². The van der Waals surface area contributed by atoms with Crippen LogP contribution in [0.3, 0.4) is 0 Å². The van der Waals surface area contributed by atoms with Crippen molar-refractivity contribution >= 4 is 22.8 Å². The van der Waals surface area contributed by atoms with Crippen molar-refractivity contribution in [1.82, 2.24) is 5.32 Å². The van der Waals surface area contributed by atoms with E-state index in [0.29, 0.717) is 0 Å². The largest absolute Gasteiger partial charge is 0.341 e. The second-order valence-corrected chi connectivity index (χ2v) is 4.66. The van der Waals surface area contributed by atoms with E-state index in [1.807, 2.05) is 0 Å². The van der Waals surface area contributed by atoms with Crippen LogP contribution in [-0.2, 0) is 9.59 Å². The van der Waals surface area contributed by atoms with E-state index in [1.165, 1.54) is 6.92 Å². The zero-order chi connectivity index (χ0) is 9.78. The van der Waals surface area contributed by atoms with Crippen LogP contribution in [0.25, 0.3) is 0 Å². The molecular weight excluding hydrogens is 176 g/mol. The summed E-state index contributed by atoms with van der Waals surface area (Å²) in [6, 6.07) is 0. The normalized spacial score (nSPS) is 11.0. The van der Waals surface area contributed by atoms with Gasteiger partial charge < -0.3 is 11.1 Å². The minimum atomic E-state index is -0.567. The van der Waals surface area contributed by atoms with E-state index < -0.39 is 4.87 Å². The Labute approximate surface area is 76.3 Å². The standard InChI is InChI=1S/C7H14N2O2S/c1-5(10)12-7(2,3)9-6(11)4-8/h4,8H2,1-3H3,(H,9,11). The lowest BCUT2D eigenvalue weighted by atomic mass is 10.4. The SMILES string of the molecule is CC(=O)SC(C)(C)NC(=O)CN. The summed E-state index contributed by atoms with van der Waals surface area (Å²) in [6.45, 7) is 4.92. The number of carbonyl (C=O) groups excluding carboxylic acids is 2. The summed E-state index contributed by atoms with van der Waals surface area (Å²) in [5, 5.41) is 2.59. The number of carbonyl (C=O) groups is 2. The summed E-state index contributed by atoms with van der Waals surface area (Å²) in [7, 11) is 0. The maximum atomic E-state index is 10.8. The van der Waals surface area contributed by atoms with Crippen LogP contribution in [0.1, 0.15) is 20.8 Å². The van der Waals surface area contributed by atoms with Gasteiger partial charge in [0.15, 0.2) is 5.12 Å². The molecule has 70 valence electrons. The van der Waals surface area contributed by atoms with Gasteiger partial charge >= 0.3 is 0 Å². The molecule has 0 aliphatic carbocycles. The minimum absolute atomic E-state index is 0.0303. The van der Waals surface area contributed by atoms with E-state index in [4.69, 9.17) is 5.73 Å². The molecular formula is C7H14N2O2S. The number of hydrogen-bond donors (Lipinski definition) is 2. The summed E-state index contributed by atoms with van der Waals surface area (Å²) < 4.78 is 0. The molecule has 0 aliphatic heterocycles. The van der Waals surface area contributed by atoms with Gasteiger partial charge in [-0.25, -0.2) is 0 Å². The summed E-state index contributed by atoms with van der Waals surface area (Å²) in [6.07, 6.45) is 0. The molecule has 1 amide bonds. The lowest BCUT2D eigenvalue weighted by Crippen LogP contribution is -2.44. The quantitative estimate of drug-likeness (QED) is 0.618. The third-order valence-electron chi connectivity index (χ3n) is 1.02. The number of thioether (sulfide) groups is 1. The predicted octanol–water partition coefficient (Wildman–Crippen LogP) is 0.0771. The summed E-state index contributed by atoms with van der Waals surface area (Å²) in [5.74, 6) is -0.256. The first-order chi connectivity index (χ1) is 5.37. The Morgan fingerprint density at radius 2 is 2.00 bits per heavy atom. The fourth-order valence-corrected chi connectivity index (χ4v) is 1.66. The molecule has 4 nitrogen and oxygen atoms in total. The van der Waals surface area contributed by atoms with Crippen molar-refractivity contribution in [3.63, 3.8) is 0 Å². The van der Waals surface area contributed by atoms with Crippen LogP contribution < -0.4 is 11.1 Å². The summed E-state index contributed by atoms with van der Waals surface area (Å²) in [4.78, 5) is 21.0. The first-order valence-corrected chi connectivity index (χ1v) is 4.39. The molecule has 3 N–H and O–H groups in total. The van der Waals surface area contributed by atoms with Gasteiger partial charge in [-0.05, 0) is 13.8 Å². The molecule has 0 rings (SSSR count). The lowest BCUT2D eigenvalue weighted by Gasteiger charge is -2.23. The smallest absolute Gasteiger partial charge is 0.234 e. The Morgan fingerprint density at radius 3 is 2.33 bits per heavy atom. The van der Waals surface area contributed by atoms with Crippen LogP contribution in [0.15, 0.2) is 0 Å². The molecule has 0 unspecified atom stereocenters. The van der Waals surface area contributed by atoms with E-state index in [-0.39, 0.29) is 17.6 Å². The van der Waals surface area contributed by atoms with Gasteiger partial charge in [0.05, 0.1) is 11.4 Å². The molecule has 0 spiro atoms.